The number of nitrogens with zero attached hydrogens (tertiary/aromatic N) is 1. The quantitative estimate of drug-likeness (QED) is 0.633. The number of anilines is 1. The highest BCUT2D eigenvalue weighted by Crippen LogP contribution is 2.25. The van der Waals surface area contributed by atoms with Gasteiger partial charge in [-0.25, -0.2) is 13.4 Å². The fourth-order valence-electron chi connectivity index (χ4n) is 2.29. The number of ketones is 1. The Morgan fingerprint density at radius 2 is 2.14 bits per heavy atom. The minimum Gasteiger partial charge on any atom is -0.356 e. The van der Waals surface area contributed by atoms with E-state index in [1.165, 1.54) is 18.3 Å². The van der Waals surface area contributed by atoms with Crippen LogP contribution in [0.3, 0.4) is 0 Å². The predicted octanol–water partition coefficient (Wildman–Crippen LogP) is 1.52. The second-order valence-electron chi connectivity index (χ2n) is 5.47. The van der Waals surface area contributed by atoms with E-state index in [4.69, 9.17) is 12.2 Å². The molecule has 0 unspecified atom stereocenters. The zero-order chi connectivity index (χ0) is 15.8. The molecule has 1 aliphatic heterocycles. The maximum Gasteiger partial charge on any atom is 0.189 e. The van der Waals surface area contributed by atoms with Crippen LogP contribution in [0.1, 0.15) is 35.6 Å². The van der Waals surface area contributed by atoms with Crippen molar-refractivity contribution in [2.24, 2.45) is 0 Å². The van der Waals surface area contributed by atoms with Gasteiger partial charge in [-0.05, 0) is 32.5 Å². The van der Waals surface area contributed by atoms with Gasteiger partial charge in [-0.3, -0.25) is 4.79 Å². The Kier molecular flexibility index (Phi) is 4.36. The number of aromatic nitrogens is 1. The second-order valence-corrected chi connectivity index (χ2v) is 9.06. The van der Waals surface area contributed by atoms with Gasteiger partial charge in [0.25, 0.3) is 0 Å². The van der Waals surface area contributed by atoms with E-state index < -0.39 is 15.4 Å². The lowest BCUT2D eigenvalue weighted by Gasteiger charge is -2.25. The smallest absolute Gasteiger partial charge is 0.189 e. The molecule has 2 heterocycles. The largest absolute Gasteiger partial charge is 0.356 e. The molecule has 0 amide bonds. The van der Waals surface area contributed by atoms with Gasteiger partial charge >= 0.3 is 0 Å². The van der Waals surface area contributed by atoms with E-state index in [0.29, 0.717) is 27.2 Å². The number of rotatable bonds is 3. The molecule has 21 heavy (non-hydrogen) atoms. The third-order valence-corrected chi connectivity index (χ3v) is 6.54. The standard InChI is InChI=1S/C12H17N3O3S3/c1-7-9(8(2)16)20-11(13-7)14-10(19)15-12(3)4-5-21(17,18)6-12/h4-6H2,1-3H3,(H2,13,14,15,19)/t12-/m1/s1. The van der Waals surface area contributed by atoms with Crippen LogP contribution >= 0.6 is 23.6 Å². The molecule has 0 aromatic carbocycles. The van der Waals surface area contributed by atoms with Gasteiger partial charge in [-0.2, -0.15) is 0 Å². The summed E-state index contributed by atoms with van der Waals surface area (Å²) in [6.45, 7) is 5.09. The van der Waals surface area contributed by atoms with Gasteiger partial charge in [0.2, 0.25) is 0 Å². The Labute approximate surface area is 133 Å². The third kappa shape index (κ3) is 3.98. The predicted molar refractivity (Wildman–Crippen MR) is 87.9 cm³/mol. The van der Waals surface area contributed by atoms with Crippen molar-refractivity contribution in [3.8, 4) is 0 Å². The van der Waals surface area contributed by atoms with Crippen LogP contribution in [0.15, 0.2) is 0 Å². The first kappa shape index (κ1) is 16.3. The Morgan fingerprint density at radius 3 is 2.62 bits per heavy atom. The number of carbonyl (C=O) groups is 1. The van der Waals surface area contributed by atoms with Crippen molar-refractivity contribution in [2.45, 2.75) is 32.7 Å². The van der Waals surface area contributed by atoms with E-state index in [1.54, 1.807) is 6.92 Å². The average Bonchev–Trinajstić information content (AvgIpc) is 2.79. The second kappa shape index (κ2) is 5.62. The summed E-state index contributed by atoms with van der Waals surface area (Å²) in [4.78, 5) is 16.2. The summed E-state index contributed by atoms with van der Waals surface area (Å²) in [5, 5.41) is 6.80. The minimum atomic E-state index is -2.99. The lowest BCUT2D eigenvalue weighted by Crippen LogP contribution is -2.48. The number of nitrogens with one attached hydrogen (secondary N) is 2. The molecular formula is C12H17N3O3S3. The van der Waals surface area contributed by atoms with Gasteiger partial charge < -0.3 is 10.6 Å². The van der Waals surface area contributed by atoms with Crippen molar-refractivity contribution in [2.75, 3.05) is 16.8 Å². The monoisotopic (exact) mass is 347 g/mol. The van der Waals surface area contributed by atoms with Crippen molar-refractivity contribution in [3.63, 3.8) is 0 Å². The molecule has 9 heteroatoms. The first-order valence-electron chi connectivity index (χ1n) is 6.38. The van der Waals surface area contributed by atoms with Gasteiger partial charge in [0.15, 0.2) is 25.9 Å². The summed E-state index contributed by atoms with van der Waals surface area (Å²) in [7, 11) is -2.99. The van der Waals surface area contributed by atoms with Crippen LogP contribution in [-0.2, 0) is 9.84 Å². The SMILES string of the molecule is CC(=O)c1sc(NC(=S)N[C@]2(C)CCS(=O)(=O)C2)nc1C. The molecule has 0 radical (unpaired) electrons. The zero-order valence-corrected chi connectivity index (χ0v) is 14.5. The van der Waals surface area contributed by atoms with E-state index in [0.717, 1.165) is 0 Å². The first-order chi connectivity index (χ1) is 9.60. The highest BCUT2D eigenvalue weighted by Gasteiger charge is 2.38. The lowest BCUT2D eigenvalue weighted by molar-refractivity contribution is 0.102. The van der Waals surface area contributed by atoms with Crippen molar-refractivity contribution in [1.29, 1.82) is 0 Å². The molecule has 0 spiro atoms. The van der Waals surface area contributed by atoms with E-state index in [1.807, 2.05) is 6.92 Å². The number of aryl methyl sites for hydroxylation is 1. The summed E-state index contributed by atoms with van der Waals surface area (Å²) in [5.41, 5.74) is 0.103. The fraction of sp³-hybridized carbons (Fsp3) is 0.583. The highest BCUT2D eigenvalue weighted by atomic mass is 32.2. The third-order valence-electron chi connectivity index (χ3n) is 3.26. The van der Waals surface area contributed by atoms with Gasteiger partial charge in [0.05, 0.1) is 27.6 Å². The van der Waals surface area contributed by atoms with Gasteiger partial charge in [-0.15, -0.1) is 0 Å². The molecule has 0 bridgehead atoms. The minimum absolute atomic E-state index is 0.0363. The number of carbonyl (C=O) groups excluding carboxylic acids is 1. The molecule has 1 aromatic heterocycles. The number of hydrogen-bond donors (Lipinski definition) is 2. The zero-order valence-electron chi connectivity index (χ0n) is 12.0. The molecular weight excluding hydrogens is 330 g/mol. The topological polar surface area (TPSA) is 88.2 Å². The summed E-state index contributed by atoms with van der Waals surface area (Å²) >= 11 is 6.44. The Morgan fingerprint density at radius 1 is 1.48 bits per heavy atom. The summed E-state index contributed by atoms with van der Waals surface area (Å²) in [5.74, 6) is 0.201. The van der Waals surface area contributed by atoms with Crippen molar-refractivity contribution < 1.29 is 13.2 Å². The molecule has 2 rings (SSSR count). The van der Waals surface area contributed by atoms with Crippen molar-refractivity contribution >= 4 is 49.4 Å². The summed E-state index contributed by atoms with van der Waals surface area (Å²) in [6.07, 6.45) is 0.521. The van der Waals surface area contributed by atoms with Crippen LogP contribution < -0.4 is 10.6 Å². The van der Waals surface area contributed by atoms with E-state index in [2.05, 4.69) is 15.6 Å². The molecule has 116 valence electrons. The van der Waals surface area contributed by atoms with Crippen LogP contribution in [0.5, 0.6) is 0 Å². The number of sulfone groups is 1. The van der Waals surface area contributed by atoms with Crippen LogP contribution in [-0.4, -0.2) is 41.3 Å². The van der Waals surface area contributed by atoms with Gasteiger partial charge in [-0.1, -0.05) is 11.3 Å². The van der Waals surface area contributed by atoms with Crippen molar-refractivity contribution in [1.82, 2.24) is 10.3 Å². The molecule has 1 fully saturated rings. The number of thiocarbonyl (C=S) groups is 1. The molecule has 2 N–H and O–H groups in total. The number of thiazole rings is 1. The van der Waals surface area contributed by atoms with Crippen molar-refractivity contribution in [3.05, 3.63) is 10.6 Å². The van der Waals surface area contributed by atoms with Gasteiger partial charge in [0.1, 0.15) is 0 Å². The maximum atomic E-state index is 11.6. The van der Waals surface area contributed by atoms with Crippen LogP contribution in [0, 0.1) is 6.92 Å². The summed E-state index contributed by atoms with van der Waals surface area (Å²) < 4.78 is 23.1. The molecule has 1 saturated heterocycles. The molecule has 0 saturated carbocycles. The summed E-state index contributed by atoms with van der Waals surface area (Å²) in [6, 6.07) is 0. The first-order valence-corrected chi connectivity index (χ1v) is 9.43. The molecule has 1 atom stereocenters. The van der Waals surface area contributed by atoms with E-state index in [9.17, 15) is 13.2 Å². The Hall–Kier alpha value is -1.06. The lowest BCUT2D eigenvalue weighted by atomic mass is 10.0. The van der Waals surface area contributed by atoms with Crippen LogP contribution in [0.25, 0.3) is 0 Å². The fourth-order valence-corrected chi connectivity index (χ4v) is 5.65. The molecule has 6 nitrogen and oxygen atoms in total. The van der Waals surface area contributed by atoms with E-state index >= 15 is 0 Å². The van der Waals surface area contributed by atoms with Crippen LogP contribution in [0.4, 0.5) is 5.13 Å². The Bertz CT molecular complexity index is 696. The number of hydrogen-bond acceptors (Lipinski definition) is 6. The Balaban J connectivity index is 2.03. The average molecular weight is 347 g/mol. The van der Waals surface area contributed by atoms with E-state index in [-0.39, 0.29) is 17.3 Å². The normalized spacial score (nSPS) is 23.8. The van der Waals surface area contributed by atoms with Gasteiger partial charge in [0, 0.05) is 6.92 Å². The van der Waals surface area contributed by atoms with Crippen LogP contribution in [0.2, 0.25) is 0 Å². The number of Topliss-reactive ketones (excluding diaryl/α,β-unsaturated/α-hetero) is 1. The highest BCUT2D eigenvalue weighted by molar-refractivity contribution is 7.91. The molecule has 1 aromatic rings. The molecule has 0 aliphatic carbocycles. The molecule has 1 aliphatic rings. The maximum absolute atomic E-state index is 11.6.